The lowest BCUT2D eigenvalue weighted by atomic mass is 10.2. The van der Waals surface area contributed by atoms with Crippen LogP contribution in [0.15, 0.2) is 24.3 Å². The molecule has 0 spiro atoms. The Morgan fingerprint density at radius 1 is 1.13 bits per heavy atom. The molecule has 0 aliphatic heterocycles. The molecule has 78 valence electrons. The van der Waals surface area contributed by atoms with E-state index in [1.54, 1.807) is 11.6 Å². The van der Waals surface area contributed by atoms with Gasteiger partial charge in [0.1, 0.15) is 5.69 Å². The first kappa shape index (κ1) is 9.77. The van der Waals surface area contributed by atoms with Crippen molar-refractivity contribution in [3.05, 3.63) is 41.2 Å². The molecule has 1 aromatic carbocycles. The van der Waals surface area contributed by atoms with Gasteiger partial charge in [-0.25, -0.2) is 4.68 Å². The number of para-hydroxylation sites is 1. The molecule has 1 heterocycles. The van der Waals surface area contributed by atoms with Gasteiger partial charge in [-0.15, -0.1) is 0 Å². The van der Waals surface area contributed by atoms with Gasteiger partial charge in [0.15, 0.2) is 5.75 Å². The summed E-state index contributed by atoms with van der Waals surface area (Å²) in [6.45, 7) is 5.70. The Balaban J connectivity index is 2.65. The number of benzene rings is 1. The first-order valence-electron chi connectivity index (χ1n) is 4.92. The maximum absolute atomic E-state index is 9.70. The second kappa shape index (κ2) is 3.42. The fourth-order valence-corrected chi connectivity index (χ4v) is 1.67. The van der Waals surface area contributed by atoms with E-state index < -0.39 is 0 Å². The quantitative estimate of drug-likeness (QED) is 0.771. The van der Waals surface area contributed by atoms with Gasteiger partial charge in [-0.1, -0.05) is 18.2 Å². The second-order valence-corrected chi connectivity index (χ2v) is 3.72. The van der Waals surface area contributed by atoms with E-state index in [9.17, 15) is 5.11 Å². The molecule has 2 aromatic rings. The highest BCUT2D eigenvalue weighted by atomic mass is 16.3. The lowest BCUT2D eigenvalue weighted by molar-refractivity contribution is 0.466. The molecule has 0 fully saturated rings. The van der Waals surface area contributed by atoms with Crippen molar-refractivity contribution in [2.75, 3.05) is 0 Å². The monoisotopic (exact) mass is 202 g/mol. The summed E-state index contributed by atoms with van der Waals surface area (Å²) >= 11 is 0. The minimum Gasteiger partial charge on any atom is -0.504 e. The molecule has 0 unspecified atom stereocenters. The summed E-state index contributed by atoms with van der Waals surface area (Å²) in [5.41, 5.74) is 3.60. The zero-order valence-corrected chi connectivity index (χ0v) is 9.15. The predicted octanol–water partition coefficient (Wildman–Crippen LogP) is 2.50. The summed E-state index contributed by atoms with van der Waals surface area (Å²) in [6, 6.07) is 7.98. The molecule has 0 saturated carbocycles. The van der Waals surface area contributed by atoms with E-state index in [4.69, 9.17) is 0 Å². The molecule has 2 rings (SSSR count). The Labute approximate surface area is 89.0 Å². The third-order valence-electron chi connectivity index (χ3n) is 2.60. The minimum atomic E-state index is 0.276. The van der Waals surface area contributed by atoms with E-state index in [1.165, 1.54) is 0 Å². The van der Waals surface area contributed by atoms with Crippen LogP contribution >= 0.6 is 0 Å². The Morgan fingerprint density at radius 3 is 2.33 bits per heavy atom. The molecule has 0 saturated heterocycles. The summed E-state index contributed by atoms with van der Waals surface area (Å²) in [4.78, 5) is 0. The van der Waals surface area contributed by atoms with Gasteiger partial charge in [0.05, 0.1) is 11.4 Å². The third-order valence-corrected chi connectivity index (χ3v) is 2.60. The summed E-state index contributed by atoms with van der Waals surface area (Å²) < 4.78 is 1.78. The van der Waals surface area contributed by atoms with Crippen LogP contribution in [-0.2, 0) is 0 Å². The van der Waals surface area contributed by atoms with E-state index >= 15 is 0 Å². The largest absolute Gasteiger partial charge is 0.504 e. The average molecular weight is 202 g/mol. The van der Waals surface area contributed by atoms with Crippen LogP contribution in [0.2, 0.25) is 0 Å². The second-order valence-electron chi connectivity index (χ2n) is 3.72. The molecule has 15 heavy (non-hydrogen) atoms. The Hall–Kier alpha value is -1.77. The van der Waals surface area contributed by atoms with Gasteiger partial charge in [-0.05, 0) is 32.4 Å². The van der Waals surface area contributed by atoms with Gasteiger partial charge in [-0.3, -0.25) is 0 Å². The highest BCUT2D eigenvalue weighted by Gasteiger charge is 2.11. The van der Waals surface area contributed by atoms with Gasteiger partial charge >= 0.3 is 0 Å². The minimum absolute atomic E-state index is 0.276. The van der Waals surface area contributed by atoms with Crippen LogP contribution in [-0.4, -0.2) is 14.9 Å². The van der Waals surface area contributed by atoms with Gasteiger partial charge < -0.3 is 5.11 Å². The molecule has 0 radical (unpaired) electrons. The first-order chi connectivity index (χ1) is 7.11. The number of aryl methyl sites for hydroxylation is 2. The Kier molecular flexibility index (Phi) is 2.23. The van der Waals surface area contributed by atoms with Crippen molar-refractivity contribution < 1.29 is 5.11 Å². The van der Waals surface area contributed by atoms with Crippen LogP contribution in [0.5, 0.6) is 5.75 Å². The summed E-state index contributed by atoms with van der Waals surface area (Å²) in [5, 5.41) is 14.0. The zero-order valence-electron chi connectivity index (χ0n) is 9.15. The van der Waals surface area contributed by atoms with Crippen molar-refractivity contribution in [3.63, 3.8) is 0 Å². The van der Waals surface area contributed by atoms with Gasteiger partial charge in [0.25, 0.3) is 0 Å². The molecule has 0 atom stereocenters. The smallest absolute Gasteiger partial charge is 0.159 e. The van der Waals surface area contributed by atoms with E-state index in [2.05, 4.69) is 5.10 Å². The maximum atomic E-state index is 9.70. The molecular weight excluding hydrogens is 188 g/mol. The molecule has 0 bridgehead atoms. The van der Waals surface area contributed by atoms with Crippen molar-refractivity contribution in [1.29, 1.82) is 0 Å². The molecule has 0 aliphatic rings. The topological polar surface area (TPSA) is 38.0 Å². The highest BCUT2D eigenvalue weighted by Crippen LogP contribution is 2.24. The van der Waals surface area contributed by atoms with Crippen LogP contribution in [0.1, 0.15) is 17.0 Å². The molecule has 1 N–H and O–H groups in total. The number of aromatic nitrogens is 2. The highest BCUT2D eigenvalue weighted by molar-refractivity contribution is 5.44. The molecule has 1 aromatic heterocycles. The van der Waals surface area contributed by atoms with E-state index in [-0.39, 0.29) is 5.75 Å². The number of aromatic hydroxyl groups is 1. The number of rotatable bonds is 1. The van der Waals surface area contributed by atoms with Gasteiger partial charge in [0.2, 0.25) is 0 Å². The standard InChI is InChI=1S/C12H14N2O/c1-8-6-4-5-7-11(8)14-10(3)12(15)9(2)13-14/h4-7,15H,1-3H3. The maximum Gasteiger partial charge on any atom is 0.159 e. The van der Waals surface area contributed by atoms with Gasteiger partial charge in [0, 0.05) is 0 Å². The molecule has 0 amide bonds. The van der Waals surface area contributed by atoms with Crippen molar-refractivity contribution in [3.8, 4) is 11.4 Å². The summed E-state index contributed by atoms with van der Waals surface area (Å²) in [5.74, 6) is 0.276. The van der Waals surface area contributed by atoms with Crippen LogP contribution in [0.3, 0.4) is 0 Å². The predicted molar refractivity (Wildman–Crippen MR) is 59.4 cm³/mol. The summed E-state index contributed by atoms with van der Waals surface area (Å²) in [6.07, 6.45) is 0. The molecular formula is C12H14N2O. The molecule has 0 aliphatic carbocycles. The number of nitrogens with zero attached hydrogens (tertiary/aromatic N) is 2. The molecule has 3 nitrogen and oxygen atoms in total. The van der Waals surface area contributed by atoms with Gasteiger partial charge in [-0.2, -0.15) is 5.10 Å². The van der Waals surface area contributed by atoms with Crippen molar-refractivity contribution >= 4 is 0 Å². The Bertz CT molecular complexity index is 500. The Morgan fingerprint density at radius 2 is 1.80 bits per heavy atom. The fraction of sp³-hybridized carbons (Fsp3) is 0.250. The van der Waals surface area contributed by atoms with E-state index in [1.807, 2.05) is 38.1 Å². The van der Waals surface area contributed by atoms with Crippen LogP contribution < -0.4 is 0 Å². The van der Waals surface area contributed by atoms with Crippen molar-refractivity contribution in [1.82, 2.24) is 9.78 Å². The van der Waals surface area contributed by atoms with Crippen LogP contribution in [0.4, 0.5) is 0 Å². The SMILES string of the molecule is Cc1ccccc1-n1nc(C)c(O)c1C. The van der Waals surface area contributed by atoms with E-state index in [0.717, 1.165) is 16.9 Å². The zero-order chi connectivity index (χ0) is 11.0. The van der Waals surface area contributed by atoms with Crippen molar-refractivity contribution in [2.24, 2.45) is 0 Å². The normalized spacial score (nSPS) is 10.6. The summed E-state index contributed by atoms with van der Waals surface area (Å²) in [7, 11) is 0. The number of hydrogen-bond acceptors (Lipinski definition) is 2. The van der Waals surface area contributed by atoms with Crippen LogP contribution in [0.25, 0.3) is 5.69 Å². The lowest BCUT2D eigenvalue weighted by Gasteiger charge is -2.06. The average Bonchev–Trinajstić information content (AvgIpc) is 2.47. The number of hydrogen-bond donors (Lipinski definition) is 1. The van der Waals surface area contributed by atoms with E-state index in [0.29, 0.717) is 5.69 Å². The first-order valence-corrected chi connectivity index (χ1v) is 4.92. The third kappa shape index (κ3) is 1.50. The fourth-order valence-electron chi connectivity index (χ4n) is 1.67. The van der Waals surface area contributed by atoms with Crippen molar-refractivity contribution in [2.45, 2.75) is 20.8 Å². The lowest BCUT2D eigenvalue weighted by Crippen LogP contribution is -2.00. The molecule has 3 heteroatoms. The van der Waals surface area contributed by atoms with Crippen LogP contribution in [0, 0.1) is 20.8 Å².